The number of primary amides is 1. The number of carbonyl (C=O) groups is 2. The summed E-state index contributed by atoms with van der Waals surface area (Å²) in [4.78, 5) is 25.8. The van der Waals surface area contributed by atoms with E-state index in [-0.39, 0.29) is 11.9 Å². The summed E-state index contributed by atoms with van der Waals surface area (Å²) in [5.74, 6) is 1.04. The van der Waals surface area contributed by atoms with Crippen molar-refractivity contribution in [1.29, 1.82) is 0 Å². The highest BCUT2D eigenvalue weighted by molar-refractivity contribution is 7.14. The van der Waals surface area contributed by atoms with Crippen molar-refractivity contribution in [2.45, 2.75) is 33.0 Å². The van der Waals surface area contributed by atoms with Crippen molar-refractivity contribution < 1.29 is 9.59 Å². The first-order valence-electron chi connectivity index (χ1n) is 7.28. The number of nitrogens with zero attached hydrogens (tertiary/aromatic N) is 4. The topological polar surface area (TPSA) is 106 Å². The maximum atomic E-state index is 12.5. The van der Waals surface area contributed by atoms with Crippen molar-refractivity contribution in [3.63, 3.8) is 0 Å². The van der Waals surface area contributed by atoms with E-state index in [4.69, 9.17) is 5.73 Å². The zero-order valence-electron chi connectivity index (χ0n) is 12.9. The molecule has 0 fully saturated rings. The molecule has 3 heterocycles. The quantitative estimate of drug-likeness (QED) is 0.851. The molecule has 2 aromatic heterocycles. The predicted molar refractivity (Wildman–Crippen MR) is 86.1 cm³/mol. The third-order valence-corrected chi connectivity index (χ3v) is 4.89. The third-order valence-electron chi connectivity index (χ3n) is 4.06. The Kier molecular flexibility index (Phi) is 4.14. The van der Waals surface area contributed by atoms with Crippen LogP contribution in [0.5, 0.6) is 0 Å². The van der Waals surface area contributed by atoms with E-state index in [1.807, 2.05) is 18.7 Å². The Morgan fingerprint density at radius 1 is 1.39 bits per heavy atom. The van der Waals surface area contributed by atoms with Gasteiger partial charge in [0.15, 0.2) is 0 Å². The van der Waals surface area contributed by atoms with Crippen LogP contribution in [0.4, 0.5) is 5.00 Å². The van der Waals surface area contributed by atoms with Gasteiger partial charge in [0.25, 0.3) is 5.91 Å². The Morgan fingerprint density at radius 2 is 2.17 bits per heavy atom. The molecule has 1 atom stereocenters. The van der Waals surface area contributed by atoms with E-state index in [1.165, 1.54) is 11.3 Å². The van der Waals surface area contributed by atoms with E-state index < -0.39 is 5.91 Å². The number of aryl methyl sites for hydroxylation is 1. The molecule has 9 heteroatoms. The third kappa shape index (κ3) is 2.97. The van der Waals surface area contributed by atoms with Crippen LogP contribution in [-0.4, -0.2) is 44.1 Å². The Hall–Kier alpha value is -2.26. The number of carbonyl (C=O) groups excluding carboxylic acids is 2. The Labute approximate surface area is 137 Å². The number of fused-ring (bicyclic) bond motifs is 1. The largest absolute Gasteiger partial charge is 0.366 e. The number of thiophene rings is 1. The Balaban J connectivity index is 1.68. The standard InChI is InChI=1S/C14H18N6O2S/c1-8(13(22)16-14-10(12(15)21)3-6-23-14)19-4-5-20-9(2)17-18-11(20)7-19/h3,6,8H,4-5,7H2,1-2H3,(H2,15,21)(H,16,22). The second kappa shape index (κ2) is 6.09. The average Bonchev–Trinajstić information content (AvgIpc) is 3.13. The van der Waals surface area contributed by atoms with Crippen LogP contribution in [0.1, 0.15) is 28.9 Å². The maximum Gasteiger partial charge on any atom is 0.251 e. The van der Waals surface area contributed by atoms with Crippen LogP contribution in [0.15, 0.2) is 11.4 Å². The summed E-state index contributed by atoms with van der Waals surface area (Å²) in [6, 6.07) is 1.27. The average molecular weight is 334 g/mol. The van der Waals surface area contributed by atoms with E-state index >= 15 is 0 Å². The van der Waals surface area contributed by atoms with Gasteiger partial charge in [-0.3, -0.25) is 14.5 Å². The molecule has 0 radical (unpaired) electrons. The summed E-state index contributed by atoms with van der Waals surface area (Å²) in [6.07, 6.45) is 0. The SMILES string of the molecule is Cc1nnc2n1CCN(C(C)C(=O)Nc1sccc1C(N)=O)C2. The number of anilines is 1. The first-order chi connectivity index (χ1) is 11.0. The minimum absolute atomic E-state index is 0.167. The monoisotopic (exact) mass is 334 g/mol. The molecule has 3 rings (SSSR count). The summed E-state index contributed by atoms with van der Waals surface area (Å²) < 4.78 is 2.06. The van der Waals surface area contributed by atoms with E-state index in [1.54, 1.807) is 11.4 Å². The smallest absolute Gasteiger partial charge is 0.251 e. The predicted octanol–water partition coefficient (Wildman–Crippen LogP) is 0.590. The molecule has 0 aromatic carbocycles. The number of aromatic nitrogens is 3. The minimum atomic E-state index is -0.546. The molecule has 0 spiro atoms. The molecule has 1 aliphatic rings. The molecule has 0 bridgehead atoms. The summed E-state index contributed by atoms with van der Waals surface area (Å²) in [7, 11) is 0. The van der Waals surface area contributed by atoms with Crippen LogP contribution >= 0.6 is 11.3 Å². The molecule has 8 nitrogen and oxygen atoms in total. The van der Waals surface area contributed by atoms with Crippen LogP contribution in [0.3, 0.4) is 0 Å². The molecule has 0 aliphatic carbocycles. The van der Waals surface area contributed by atoms with Crippen molar-refractivity contribution in [3.8, 4) is 0 Å². The van der Waals surface area contributed by atoms with Gasteiger partial charge in [-0.15, -0.1) is 21.5 Å². The van der Waals surface area contributed by atoms with Crippen molar-refractivity contribution in [2.24, 2.45) is 5.73 Å². The lowest BCUT2D eigenvalue weighted by molar-refractivity contribution is -0.121. The molecule has 1 unspecified atom stereocenters. The summed E-state index contributed by atoms with van der Waals surface area (Å²) >= 11 is 1.28. The highest BCUT2D eigenvalue weighted by atomic mass is 32.1. The minimum Gasteiger partial charge on any atom is -0.366 e. The molecule has 0 saturated carbocycles. The summed E-state index contributed by atoms with van der Waals surface area (Å²) in [6.45, 7) is 5.84. The van der Waals surface area contributed by atoms with Crippen molar-refractivity contribution in [1.82, 2.24) is 19.7 Å². The Morgan fingerprint density at radius 3 is 2.91 bits per heavy atom. The fraction of sp³-hybridized carbons (Fsp3) is 0.429. The lowest BCUT2D eigenvalue weighted by Crippen LogP contribution is -2.46. The molecule has 23 heavy (non-hydrogen) atoms. The first-order valence-corrected chi connectivity index (χ1v) is 8.16. The molecular formula is C14H18N6O2S. The van der Waals surface area contributed by atoms with Gasteiger partial charge >= 0.3 is 0 Å². The molecule has 2 amide bonds. The Bertz CT molecular complexity index is 752. The van der Waals surface area contributed by atoms with Crippen molar-refractivity contribution >= 4 is 28.2 Å². The van der Waals surface area contributed by atoms with Crippen LogP contribution in [0, 0.1) is 6.92 Å². The van der Waals surface area contributed by atoms with Gasteiger partial charge in [0.2, 0.25) is 5.91 Å². The van der Waals surface area contributed by atoms with Crippen molar-refractivity contribution in [2.75, 3.05) is 11.9 Å². The normalized spacial score (nSPS) is 15.9. The zero-order valence-corrected chi connectivity index (χ0v) is 13.8. The van der Waals surface area contributed by atoms with Gasteiger partial charge in [-0.2, -0.15) is 0 Å². The first kappa shape index (κ1) is 15.6. The van der Waals surface area contributed by atoms with E-state index in [9.17, 15) is 9.59 Å². The number of hydrogen-bond acceptors (Lipinski definition) is 6. The molecule has 122 valence electrons. The van der Waals surface area contributed by atoms with Crippen LogP contribution < -0.4 is 11.1 Å². The van der Waals surface area contributed by atoms with Gasteiger partial charge in [0, 0.05) is 13.1 Å². The summed E-state index contributed by atoms with van der Waals surface area (Å²) in [5, 5.41) is 13.2. The number of nitrogens with two attached hydrogens (primary N) is 1. The van der Waals surface area contributed by atoms with Gasteiger partial charge in [-0.25, -0.2) is 0 Å². The van der Waals surface area contributed by atoms with Crippen molar-refractivity contribution in [3.05, 3.63) is 28.7 Å². The number of rotatable bonds is 4. The van der Waals surface area contributed by atoms with Gasteiger partial charge in [0.05, 0.1) is 18.2 Å². The van der Waals surface area contributed by atoms with E-state index in [2.05, 4.69) is 20.1 Å². The highest BCUT2D eigenvalue weighted by Crippen LogP contribution is 2.23. The van der Waals surface area contributed by atoms with Crippen LogP contribution in [0.25, 0.3) is 0 Å². The van der Waals surface area contributed by atoms with Crippen LogP contribution in [-0.2, 0) is 17.9 Å². The number of hydrogen-bond donors (Lipinski definition) is 2. The van der Waals surface area contributed by atoms with Gasteiger partial charge < -0.3 is 15.6 Å². The molecular weight excluding hydrogens is 316 g/mol. The zero-order chi connectivity index (χ0) is 16.6. The van der Waals surface area contributed by atoms with E-state index in [0.29, 0.717) is 17.1 Å². The fourth-order valence-electron chi connectivity index (χ4n) is 2.63. The van der Waals surface area contributed by atoms with Gasteiger partial charge in [0.1, 0.15) is 16.6 Å². The van der Waals surface area contributed by atoms with Crippen LogP contribution in [0.2, 0.25) is 0 Å². The highest BCUT2D eigenvalue weighted by Gasteiger charge is 2.28. The molecule has 3 N–H and O–H groups in total. The molecule has 2 aromatic rings. The second-order valence-electron chi connectivity index (χ2n) is 5.48. The van der Waals surface area contributed by atoms with E-state index in [0.717, 1.165) is 24.7 Å². The lowest BCUT2D eigenvalue weighted by atomic mass is 10.2. The lowest BCUT2D eigenvalue weighted by Gasteiger charge is -2.31. The fourth-order valence-corrected chi connectivity index (χ4v) is 3.43. The summed E-state index contributed by atoms with van der Waals surface area (Å²) in [5.41, 5.74) is 5.63. The molecule has 1 aliphatic heterocycles. The van der Waals surface area contributed by atoms with Gasteiger partial charge in [-0.1, -0.05) is 0 Å². The van der Waals surface area contributed by atoms with Gasteiger partial charge in [-0.05, 0) is 25.3 Å². The second-order valence-corrected chi connectivity index (χ2v) is 6.39. The number of nitrogens with one attached hydrogen (secondary N) is 1. The number of amides is 2. The molecule has 0 saturated heterocycles. The maximum absolute atomic E-state index is 12.5.